The molecule has 1 saturated carbocycles. The lowest BCUT2D eigenvalue weighted by molar-refractivity contribution is -0.142. The zero-order valence-corrected chi connectivity index (χ0v) is 14.8. The van der Waals surface area contributed by atoms with Crippen molar-refractivity contribution in [2.75, 3.05) is 19.6 Å². The number of nitrogens with one attached hydrogen (secondary N) is 1. The standard InChI is InChI=1S/C17H22N2O5S/c1-2-18-25(23,24)13-7-5-12(6-8-13)16(20)19-9-14(11-3-4-11)15(10-19)17(21)22/h5-8,11,14-15,18H,2-4,9-10H2,1H3,(H,21,22)/t14-,15+/m1/s1. The second-order valence-electron chi connectivity index (χ2n) is 6.68. The Kier molecular flexibility index (Phi) is 4.83. The summed E-state index contributed by atoms with van der Waals surface area (Å²) in [7, 11) is -3.56. The van der Waals surface area contributed by atoms with Crippen molar-refractivity contribution in [1.82, 2.24) is 9.62 Å². The summed E-state index contributed by atoms with van der Waals surface area (Å²) < 4.78 is 26.3. The highest BCUT2D eigenvalue weighted by molar-refractivity contribution is 7.89. The molecule has 25 heavy (non-hydrogen) atoms. The molecule has 1 heterocycles. The fourth-order valence-corrected chi connectivity index (χ4v) is 4.53. The van der Waals surface area contributed by atoms with Gasteiger partial charge in [-0.3, -0.25) is 9.59 Å². The van der Waals surface area contributed by atoms with Crippen LogP contribution in [0.2, 0.25) is 0 Å². The molecule has 3 rings (SSSR count). The molecule has 8 heteroatoms. The lowest BCUT2D eigenvalue weighted by Gasteiger charge is -2.16. The van der Waals surface area contributed by atoms with E-state index in [9.17, 15) is 23.1 Å². The van der Waals surface area contributed by atoms with Gasteiger partial charge in [0.2, 0.25) is 10.0 Å². The Balaban J connectivity index is 1.74. The van der Waals surface area contributed by atoms with Crippen molar-refractivity contribution in [1.29, 1.82) is 0 Å². The summed E-state index contributed by atoms with van der Waals surface area (Å²) in [5.74, 6) is -1.17. The van der Waals surface area contributed by atoms with Crippen molar-refractivity contribution >= 4 is 21.9 Å². The van der Waals surface area contributed by atoms with Gasteiger partial charge in [0.1, 0.15) is 0 Å². The van der Waals surface area contributed by atoms with Crippen molar-refractivity contribution in [3.05, 3.63) is 29.8 Å². The van der Waals surface area contributed by atoms with Gasteiger partial charge in [-0.05, 0) is 48.9 Å². The third-order valence-corrected chi connectivity index (χ3v) is 6.50. The van der Waals surface area contributed by atoms with Crippen LogP contribution in [-0.2, 0) is 14.8 Å². The molecular formula is C17H22N2O5S. The Bertz CT molecular complexity index is 771. The molecule has 1 aliphatic heterocycles. The number of likely N-dealkylation sites (tertiary alicyclic amines) is 1. The number of benzene rings is 1. The van der Waals surface area contributed by atoms with E-state index in [0.717, 1.165) is 12.8 Å². The molecule has 2 aliphatic rings. The molecule has 1 amide bonds. The number of rotatable bonds is 6. The molecule has 1 aromatic rings. The van der Waals surface area contributed by atoms with E-state index in [1.807, 2.05) is 0 Å². The van der Waals surface area contributed by atoms with Crippen LogP contribution in [0.5, 0.6) is 0 Å². The predicted molar refractivity (Wildman–Crippen MR) is 90.5 cm³/mol. The van der Waals surface area contributed by atoms with Gasteiger partial charge in [-0.1, -0.05) is 6.92 Å². The van der Waals surface area contributed by atoms with Gasteiger partial charge in [0, 0.05) is 25.2 Å². The molecule has 0 radical (unpaired) electrons. The first-order valence-corrected chi connectivity index (χ1v) is 9.93. The Morgan fingerprint density at radius 1 is 1.20 bits per heavy atom. The van der Waals surface area contributed by atoms with Crippen molar-refractivity contribution < 1.29 is 23.1 Å². The number of carbonyl (C=O) groups excluding carboxylic acids is 1. The molecule has 2 fully saturated rings. The van der Waals surface area contributed by atoms with Gasteiger partial charge in [-0.25, -0.2) is 13.1 Å². The van der Waals surface area contributed by atoms with Crippen molar-refractivity contribution in [3.8, 4) is 0 Å². The SMILES string of the molecule is CCNS(=O)(=O)c1ccc(C(=O)N2C[C@H](C(=O)O)[C@@H](C3CC3)C2)cc1. The fourth-order valence-electron chi connectivity index (χ4n) is 3.49. The van der Waals surface area contributed by atoms with Crippen LogP contribution >= 0.6 is 0 Å². The molecule has 0 spiro atoms. The molecular weight excluding hydrogens is 344 g/mol. The minimum Gasteiger partial charge on any atom is -0.481 e. The third kappa shape index (κ3) is 3.69. The van der Waals surface area contributed by atoms with Gasteiger partial charge < -0.3 is 10.0 Å². The van der Waals surface area contributed by atoms with Gasteiger partial charge in [0.25, 0.3) is 5.91 Å². The number of aliphatic carboxylic acids is 1. The monoisotopic (exact) mass is 366 g/mol. The summed E-state index contributed by atoms with van der Waals surface area (Å²) in [5, 5.41) is 9.40. The van der Waals surface area contributed by atoms with E-state index in [1.165, 1.54) is 24.3 Å². The lowest BCUT2D eigenvalue weighted by atomic mass is 9.92. The summed E-state index contributed by atoms with van der Waals surface area (Å²) in [4.78, 5) is 25.8. The van der Waals surface area contributed by atoms with Crippen LogP contribution < -0.4 is 4.72 Å². The highest BCUT2D eigenvalue weighted by Gasteiger charge is 2.46. The maximum absolute atomic E-state index is 12.7. The number of hydrogen-bond acceptors (Lipinski definition) is 4. The average Bonchev–Trinajstić information content (AvgIpc) is 3.32. The topological polar surface area (TPSA) is 104 Å². The number of hydrogen-bond donors (Lipinski definition) is 2. The number of carbonyl (C=O) groups is 2. The molecule has 0 unspecified atom stereocenters. The predicted octanol–water partition coefficient (Wildman–Crippen LogP) is 1.17. The number of nitrogens with zero attached hydrogens (tertiary/aromatic N) is 1. The molecule has 1 saturated heterocycles. The van der Waals surface area contributed by atoms with Crippen LogP contribution in [0.1, 0.15) is 30.1 Å². The molecule has 1 aliphatic carbocycles. The van der Waals surface area contributed by atoms with Crippen molar-refractivity contribution in [2.24, 2.45) is 17.8 Å². The summed E-state index contributed by atoms with van der Waals surface area (Å²) in [6, 6.07) is 5.75. The van der Waals surface area contributed by atoms with Gasteiger partial charge in [0.05, 0.1) is 10.8 Å². The lowest BCUT2D eigenvalue weighted by Crippen LogP contribution is -2.30. The first-order valence-electron chi connectivity index (χ1n) is 8.45. The van der Waals surface area contributed by atoms with E-state index >= 15 is 0 Å². The minimum absolute atomic E-state index is 0.0230. The molecule has 0 aromatic heterocycles. The largest absolute Gasteiger partial charge is 0.481 e. The Labute approximate surface area is 147 Å². The van der Waals surface area contributed by atoms with Crippen LogP contribution in [0.4, 0.5) is 0 Å². The molecule has 136 valence electrons. The Morgan fingerprint density at radius 3 is 2.36 bits per heavy atom. The van der Waals surface area contributed by atoms with Crippen LogP contribution in [0.25, 0.3) is 0 Å². The zero-order chi connectivity index (χ0) is 18.2. The third-order valence-electron chi connectivity index (χ3n) is 4.94. The van der Waals surface area contributed by atoms with Crippen molar-refractivity contribution in [2.45, 2.75) is 24.7 Å². The maximum Gasteiger partial charge on any atom is 0.308 e. The fraction of sp³-hybridized carbons (Fsp3) is 0.529. The molecule has 1 aromatic carbocycles. The average molecular weight is 366 g/mol. The van der Waals surface area contributed by atoms with E-state index in [0.29, 0.717) is 18.0 Å². The summed E-state index contributed by atoms with van der Waals surface area (Å²) in [5.41, 5.74) is 0.371. The van der Waals surface area contributed by atoms with E-state index in [4.69, 9.17) is 0 Å². The van der Waals surface area contributed by atoms with E-state index in [1.54, 1.807) is 11.8 Å². The smallest absolute Gasteiger partial charge is 0.308 e. The van der Waals surface area contributed by atoms with E-state index in [-0.39, 0.29) is 29.8 Å². The highest BCUT2D eigenvalue weighted by atomic mass is 32.2. The highest BCUT2D eigenvalue weighted by Crippen LogP contribution is 2.44. The Morgan fingerprint density at radius 2 is 1.84 bits per heavy atom. The van der Waals surface area contributed by atoms with E-state index < -0.39 is 21.9 Å². The van der Waals surface area contributed by atoms with E-state index in [2.05, 4.69) is 4.72 Å². The van der Waals surface area contributed by atoms with Crippen LogP contribution in [0.15, 0.2) is 29.2 Å². The summed E-state index contributed by atoms with van der Waals surface area (Å²) in [6.45, 7) is 2.65. The van der Waals surface area contributed by atoms with Crippen LogP contribution in [0, 0.1) is 17.8 Å². The normalized spacial score (nSPS) is 23.6. The second-order valence-corrected chi connectivity index (χ2v) is 8.45. The van der Waals surface area contributed by atoms with Gasteiger partial charge in [0.15, 0.2) is 0 Å². The van der Waals surface area contributed by atoms with Gasteiger partial charge in [-0.2, -0.15) is 0 Å². The summed E-state index contributed by atoms with van der Waals surface area (Å²) in [6.07, 6.45) is 2.07. The molecule has 0 bridgehead atoms. The van der Waals surface area contributed by atoms with Gasteiger partial charge >= 0.3 is 5.97 Å². The zero-order valence-electron chi connectivity index (χ0n) is 14.0. The number of carboxylic acids is 1. The summed E-state index contributed by atoms with van der Waals surface area (Å²) >= 11 is 0. The first kappa shape index (κ1) is 17.9. The molecule has 2 N–H and O–H groups in total. The molecule has 2 atom stereocenters. The number of amides is 1. The Hall–Kier alpha value is -1.93. The number of sulfonamides is 1. The quantitative estimate of drug-likeness (QED) is 0.786. The first-order chi connectivity index (χ1) is 11.8. The van der Waals surface area contributed by atoms with Crippen LogP contribution in [-0.4, -0.2) is 49.9 Å². The number of carboxylic acid groups (broad SMARTS) is 1. The maximum atomic E-state index is 12.7. The van der Waals surface area contributed by atoms with Gasteiger partial charge in [-0.15, -0.1) is 0 Å². The second kappa shape index (κ2) is 6.76. The van der Waals surface area contributed by atoms with Crippen LogP contribution in [0.3, 0.4) is 0 Å². The van der Waals surface area contributed by atoms with Crippen molar-refractivity contribution in [3.63, 3.8) is 0 Å². The molecule has 7 nitrogen and oxygen atoms in total. The minimum atomic E-state index is -3.56.